The average Bonchev–Trinajstić information content (AvgIpc) is 2.56. The van der Waals surface area contributed by atoms with Crippen molar-refractivity contribution in [2.45, 2.75) is 12.8 Å². The van der Waals surface area contributed by atoms with Crippen LogP contribution in [-0.4, -0.2) is 33.7 Å². The van der Waals surface area contributed by atoms with E-state index in [2.05, 4.69) is 4.98 Å². The first-order valence-corrected chi connectivity index (χ1v) is 7.37. The molecule has 0 saturated carbocycles. The Morgan fingerprint density at radius 2 is 2.04 bits per heavy atom. The largest absolute Gasteiger partial charge is 0.481 e. The number of benzene rings is 1. The van der Waals surface area contributed by atoms with Crippen molar-refractivity contribution >= 4 is 11.8 Å². The summed E-state index contributed by atoms with van der Waals surface area (Å²) in [6.45, 7) is 0.866. The van der Waals surface area contributed by atoms with Crippen LogP contribution in [-0.2, 0) is 4.79 Å². The molecule has 0 amide bonds. The Morgan fingerprint density at radius 3 is 2.74 bits per heavy atom. The fourth-order valence-electron chi connectivity index (χ4n) is 2.79. The number of rotatable bonds is 3. The third-order valence-electron chi connectivity index (χ3n) is 4.00. The minimum absolute atomic E-state index is 0.225. The summed E-state index contributed by atoms with van der Waals surface area (Å²) in [6, 6.07) is 5.58. The molecule has 6 nitrogen and oxygen atoms in total. The Labute approximate surface area is 131 Å². The number of piperidine rings is 1. The van der Waals surface area contributed by atoms with Gasteiger partial charge in [-0.1, -0.05) is 0 Å². The molecular formula is C16H16FN3O3. The minimum atomic E-state index is -0.857. The summed E-state index contributed by atoms with van der Waals surface area (Å²) in [5.74, 6) is -1.51. The highest BCUT2D eigenvalue weighted by Crippen LogP contribution is 2.20. The van der Waals surface area contributed by atoms with Crippen LogP contribution in [0.4, 0.5) is 10.2 Å². The van der Waals surface area contributed by atoms with Gasteiger partial charge in [0.2, 0.25) is 0 Å². The van der Waals surface area contributed by atoms with Gasteiger partial charge in [-0.05, 0) is 37.1 Å². The van der Waals surface area contributed by atoms with E-state index >= 15 is 0 Å². The van der Waals surface area contributed by atoms with Gasteiger partial charge in [0.05, 0.1) is 5.92 Å². The van der Waals surface area contributed by atoms with Gasteiger partial charge in [0, 0.05) is 31.2 Å². The summed E-state index contributed by atoms with van der Waals surface area (Å²) in [7, 11) is 0. The molecule has 23 heavy (non-hydrogen) atoms. The SMILES string of the molecule is O=C(O)C1CCCN(c2nccn(-c3ccc(F)cc3)c2=O)C1. The molecule has 1 atom stereocenters. The Morgan fingerprint density at radius 1 is 1.30 bits per heavy atom. The van der Waals surface area contributed by atoms with Gasteiger partial charge in [0.15, 0.2) is 5.82 Å². The zero-order valence-corrected chi connectivity index (χ0v) is 12.4. The molecule has 0 radical (unpaired) electrons. The zero-order chi connectivity index (χ0) is 16.4. The molecule has 1 aliphatic heterocycles. The maximum absolute atomic E-state index is 13.0. The highest BCUT2D eigenvalue weighted by atomic mass is 19.1. The van der Waals surface area contributed by atoms with Gasteiger partial charge in [-0.3, -0.25) is 14.2 Å². The van der Waals surface area contributed by atoms with Crippen LogP contribution in [0.15, 0.2) is 41.5 Å². The minimum Gasteiger partial charge on any atom is -0.481 e. The summed E-state index contributed by atoms with van der Waals surface area (Å²) in [6.07, 6.45) is 4.30. The predicted molar refractivity (Wildman–Crippen MR) is 82.4 cm³/mol. The van der Waals surface area contributed by atoms with E-state index in [1.807, 2.05) is 0 Å². The molecule has 0 spiro atoms. The van der Waals surface area contributed by atoms with Gasteiger partial charge in [-0.15, -0.1) is 0 Å². The maximum Gasteiger partial charge on any atom is 0.308 e. The van der Waals surface area contributed by atoms with E-state index in [0.29, 0.717) is 25.1 Å². The van der Waals surface area contributed by atoms with Crippen LogP contribution >= 0.6 is 0 Å². The Bertz CT molecular complexity index is 773. The number of hydrogen-bond donors (Lipinski definition) is 1. The predicted octanol–water partition coefficient (Wildman–Crippen LogP) is 1.67. The third kappa shape index (κ3) is 3.08. The van der Waals surface area contributed by atoms with Gasteiger partial charge in [0.25, 0.3) is 5.56 Å². The lowest BCUT2D eigenvalue weighted by Gasteiger charge is -2.31. The summed E-state index contributed by atoms with van der Waals surface area (Å²) < 4.78 is 14.4. The monoisotopic (exact) mass is 317 g/mol. The molecule has 2 aromatic rings. The van der Waals surface area contributed by atoms with Crippen LogP contribution in [0.3, 0.4) is 0 Å². The second-order valence-electron chi connectivity index (χ2n) is 5.53. The number of aromatic nitrogens is 2. The highest BCUT2D eigenvalue weighted by Gasteiger charge is 2.27. The topological polar surface area (TPSA) is 75.4 Å². The normalized spacial score (nSPS) is 18.0. The van der Waals surface area contributed by atoms with Crippen molar-refractivity contribution in [2.24, 2.45) is 5.92 Å². The number of halogens is 1. The second-order valence-corrected chi connectivity index (χ2v) is 5.53. The fraction of sp³-hybridized carbons (Fsp3) is 0.312. The van der Waals surface area contributed by atoms with Crippen LogP contribution < -0.4 is 10.5 Å². The molecule has 7 heteroatoms. The molecule has 1 fully saturated rings. The zero-order valence-electron chi connectivity index (χ0n) is 12.4. The smallest absolute Gasteiger partial charge is 0.308 e. The first kappa shape index (κ1) is 15.2. The Balaban J connectivity index is 1.95. The van der Waals surface area contributed by atoms with Crippen molar-refractivity contribution in [2.75, 3.05) is 18.0 Å². The van der Waals surface area contributed by atoms with Crippen LogP contribution in [0.5, 0.6) is 0 Å². The van der Waals surface area contributed by atoms with Gasteiger partial charge >= 0.3 is 5.97 Å². The first-order chi connectivity index (χ1) is 11.1. The van der Waals surface area contributed by atoms with E-state index in [9.17, 15) is 14.0 Å². The van der Waals surface area contributed by atoms with Crippen molar-refractivity contribution < 1.29 is 14.3 Å². The van der Waals surface area contributed by atoms with Crippen molar-refractivity contribution in [1.29, 1.82) is 0 Å². The highest BCUT2D eigenvalue weighted by molar-refractivity contribution is 5.71. The third-order valence-corrected chi connectivity index (χ3v) is 4.00. The standard InChI is InChI=1S/C16H16FN3O3/c17-12-3-5-13(6-4-12)20-9-7-18-14(15(20)21)19-8-1-2-11(10-19)16(22)23/h3-7,9,11H,1-2,8,10H2,(H,22,23). The molecule has 0 aliphatic carbocycles. The first-order valence-electron chi connectivity index (χ1n) is 7.37. The molecule has 2 heterocycles. The number of carboxylic acids is 1. The van der Waals surface area contributed by atoms with Crippen molar-refractivity contribution in [3.05, 3.63) is 52.8 Å². The molecule has 120 valence electrons. The number of nitrogens with zero attached hydrogens (tertiary/aromatic N) is 3. The van der Waals surface area contributed by atoms with E-state index in [0.717, 1.165) is 0 Å². The van der Waals surface area contributed by atoms with Crippen LogP contribution in [0.1, 0.15) is 12.8 Å². The van der Waals surface area contributed by atoms with Crippen molar-refractivity contribution in [3.63, 3.8) is 0 Å². The lowest BCUT2D eigenvalue weighted by atomic mass is 9.98. The van der Waals surface area contributed by atoms with Gasteiger partial charge in [0.1, 0.15) is 5.82 Å². The molecule has 1 saturated heterocycles. The number of anilines is 1. The van der Waals surface area contributed by atoms with E-state index in [1.165, 1.54) is 41.2 Å². The molecule has 1 aliphatic rings. The van der Waals surface area contributed by atoms with Crippen LogP contribution in [0.2, 0.25) is 0 Å². The molecule has 3 rings (SSSR count). The number of carbonyl (C=O) groups is 1. The number of aliphatic carboxylic acids is 1. The average molecular weight is 317 g/mol. The maximum atomic E-state index is 13.0. The fourth-order valence-corrected chi connectivity index (χ4v) is 2.79. The van der Waals surface area contributed by atoms with Gasteiger partial charge < -0.3 is 10.0 Å². The molecule has 1 unspecified atom stereocenters. The van der Waals surface area contributed by atoms with E-state index < -0.39 is 11.9 Å². The van der Waals surface area contributed by atoms with Crippen LogP contribution in [0.25, 0.3) is 5.69 Å². The van der Waals surface area contributed by atoms with E-state index in [4.69, 9.17) is 5.11 Å². The van der Waals surface area contributed by atoms with Crippen molar-refractivity contribution in [3.8, 4) is 5.69 Å². The molecule has 1 N–H and O–H groups in total. The Hall–Kier alpha value is -2.70. The summed E-state index contributed by atoms with van der Waals surface area (Å²) in [4.78, 5) is 29.7. The second kappa shape index (κ2) is 6.20. The van der Waals surface area contributed by atoms with E-state index in [-0.39, 0.29) is 23.7 Å². The number of hydrogen-bond acceptors (Lipinski definition) is 4. The lowest BCUT2D eigenvalue weighted by Crippen LogP contribution is -2.42. The molecular weight excluding hydrogens is 301 g/mol. The van der Waals surface area contributed by atoms with Gasteiger partial charge in [-0.25, -0.2) is 9.37 Å². The summed E-state index contributed by atoms with van der Waals surface area (Å²) >= 11 is 0. The molecule has 1 aromatic carbocycles. The van der Waals surface area contributed by atoms with Crippen molar-refractivity contribution in [1.82, 2.24) is 9.55 Å². The molecule has 0 bridgehead atoms. The lowest BCUT2D eigenvalue weighted by molar-refractivity contribution is -0.141. The summed E-state index contributed by atoms with van der Waals surface area (Å²) in [5.41, 5.74) is 0.192. The van der Waals surface area contributed by atoms with Crippen LogP contribution in [0, 0.1) is 11.7 Å². The number of carboxylic acid groups (broad SMARTS) is 1. The summed E-state index contributed by atoms with van der Waals surface area (Å²) in [5, 5.41) is 9.16. The van der Waals surface area contributed by atoms with E-state index in [1.54, 1.807) is 4.90 Å². The van der Waals surface area contributed by atoms with Gasteiger partial charge in [-0.2, -0.15) is 0 Å². The quantitative estimate of drug-likeness (QED) is 0.932. The molecule has 1 aromatic heterocycles. The Kier molecular flexibility index (Phi) is 4.10.